The number of hydrogen-bond donors (Lipinski definition) is 3. The molecule has 0 aliphatic heterocycles. The summed E-state index contributed by atoms with van der Waals surface area (Å²) in [5.74, 6) is -1.72. The predicted molar refractivity (Wildman–Crippen MR) is 112 cm³/mol. The van der Waals surface area contributed by atoms with Gasteiger partial charge in [0.25, 0.3) is 5.91 Å². The minimum atomic E-state index is -1.14. The molecule has 8 heteroatoms. The van der Waals surface area contributed by atoms with Gasteiger partial charge in [-0.1, -0.05) is 22.0 Å². The van der Waals surface area contributed by atoms with Gasteiger partial charge in [-0.25, -0.2) is 4.79 Å². The SMILES string of the molecule is O=C(Cc1cccs1)Nc1ccc(C(=O)Nc2ccc(Br)cc2C(=O)O)cc1. The monoisotopic (exact) mass is 458 g/mol. The first-order valence-electron chi connectivity index (χ1n) is 8.19. The number of amides is 2. The number of benzene rings is 2. The molecule has 0 saturated carbocycles. The summed E-state index contributed by atoms with van der Waals surface area (Å²) in [6.07, 6.45) is 0.293. The predicted octanol–water partition coefficient (Wildman–Crippen LogP) is 4.64. The molecule has 3 rings (SSSR count). The van der Waals surface area contributed by atoms with Gasteiger partial charge in [0.1, 0.15) is 0 Å². The Morgan fingerprint density at radius 3 is 2.39 bits per heavy atom. The average Bonchev–Trinajstić information content (AvgIpc) is 3.16. The molecule has 0 atom stereocenters. The van der Waals surface area contributed by atoms with Crippen LogP contribution in [0.2, 0.25) is 0 Å². The van der Waals surface area contributed by atoms with Crippen molar-refractivity contribution < 1.29 is 19.5 Å². The Morgan fingerprint density at radius 1 is 1.00 bits per heavy atom. The van der Waals surface area contributed by atoms with Crippen LogP contribution in [0.25, 0.3) is 0 Å². The lowest BCUT2D eigenvalue weighted by Crippen LogP contribution is -2.16. The molecule has 142 valence electrons. The van der Waals surface area contributed by atoms with Gasteiger partial charge in [0.2, 0.25) is 5.91 Å². The number of hydrogen-bond acceptors (Lipinski definition) is 4. The number of halogens is 1. The Kier molecular flexibility index (Phi) is 6.23. The topological polar surface area (TPSA) is 95.5 Å². The van der Waals surface area contributed by atoms with Crippen LogP contribution in [0.4, 0.5) is 11.4 Å². The largest absolute Gasteiger partial charge is 0.478 e. The molecule has 1 heterocycles. The summed E-state index contributed by atoms with van der Waals surface area (Å²) in [5, 5.41) is 16.6. The summed E-state index contributed by atoms with van der Waals surface area (Å²) in [5.41, 5.74) is 1.11. The first kappa shape index (κ1) is 19.8. The maximum Gasteiger partial charge on any atom is 0.337 e. The molecular weight excluding hydrogens is 444 g/mol. The van der Waals surface area contributed by atoms with E-state index >= 15 is 0 Å². The summed E-state index contributed by atoms with van der Waals surface area (Å²) < 4.78 is 0.602. The van der Waals surface area contributed by atoms with Gasteiger partial charge in [0, 0.05) is 20.6 Å². The van der Waals surface area contributed by atoms with E-state index in [9.17, 15) is 19.5 Å². The quantitative estimate of drug-likeness (QED) is 0.501. The number of rotatable bonds is 6. The highest BCUT2D eigenvalue weighted by Crippen LogP contribution is 2.22. The summed E-state index contributed by atoms with van der Waals surface area (Å²) in [6.45, 7) is 0. The zero-order chi connectivity index (χ0) is 20.1. The van der Waals surface area contributed by atoms with Crippen LogP contribution in [0, 0.1) is 0 Å². The maximum absolute atomic E-state index is 12.4. The van der Waals surface area contributed by atoms with Crippen LogP contribution in [0.5, 0.6) is 0 Å². The molecule has 1 aromatic heterocycles. The van der Waals surface area contributed by atoms with E-state index in [1.807, 2.05) is 17.5 Å². The number of carbonyl (C=O) groups excluding carboxylic acids is 2. The number of anilines is 2. The number of aromatic carboxylic acids is 1. The molecule has 0 aliphatic carbocycles. The third kappa shape index (κ3) is 5.05. The molecule has 6 nitrogen and oxygen atoms in total. The second kappa shape index (κ2) is 8.81. The Balaban J connectivity index is 1.65. The minimum absolute atomic E-state index is 0.0137. The molecular formula is C20H15BrN2O4S. The Morgan fingerprint density at radius 2 is 1.75 bits per heavy atom. The molecule has 28 heavy (non-hydrogen) atoms. The Bertz CT molecular complexity index is 1020. The molecule has 2 aromatic carbocycles. The first-order chi connectivity index (χ1) is 13.4. The number of nitrogens with one attached hydrogen (secondary N) is 2. The van der Waals surface area contributed by atoms with Gasteiger partial charge in [-0.2, -0.15) is 0 Å². The number of carboxylic acids is 1. The summed E-state index contributed by atoms with van der Waals surface area (Å²) >= 11 is 4.73. The maximum atomic E-state index is 12.4. The van der Waals surface area contributed by atoms with Gasteiger partial charge in [-0.3, -0.25) is 9.59 Å². The van der Waals surface area contributed by atoms with Crippen molar-refractivity contribution in [3.63, 3.8) is 0 Å². The fourth-order valence-electron chi connectivity index (χ4n) is 2.48. The van der Waals surface area contributed by atoms with Gasteiger partial charge in [-0.15, -0.1) is 11.3 Å². The zero-order valence-corrected chi connectivity index (χ0v) is 16.8. The fourth-order valence-corrected chi connectivity index (χ4v) is 3.54. The molecule has 0 unspecified atom stereocenters. The van der Waals surface area contributed by atoms with Crippen LogP contribution >= 0.6 is 27.3 Å². The third-order valence-corrected chi connectivity index (χ3v) is 5.18. The normalized spacial score (nSPS) is 10.3. The summed E-state index contributed by atoms with van der Waals surface area (Å²) in [6, 6.07) is 14.8. The average molecular weight is 459 g/mol. The van der Waals surface area contributed by atoms with Crippen LogP contribution in [0.15, 0.2) is 64.5 Å². The van der Waals surface area contributed by atoms with E-state index in [0.29, 0.717) is 22.1 Å². The van der Waals surface area contributed by atoms with Crippen molar-refractivity contribution in [3.05, 3.63) is 80.5 Å². The van der Waals surface area contributed by atoms with Gasteiger partial charge >= 0.3 is 5.97 Å². The molecule has 0 aliphatic rings. The Hall–Kier alpha value is -2.97. The summed E-state index contributed by atoms with van der Waals surface area (Å²) in [7, 11) is 0. The van der Waals surface area contributed by atoms with Crippen molar-refractivity contribution in [2.24, 2.45) is 0 Å². The molecule has 0 bridgehead atoms. The van der Waals surface area contributed by atoms with Gasteiger partial charge in [0.15, 0.2) is 0 Å². The van der Waals surface area contributed by atoms with Gasteiger partial charge in [-0.05, 0) is 53.9 Å². The summed E-state index contributed by atoms with van der Waals surface area (Å²) in [4.78, 5) is 36.8. The van der Waals surface area contributed by atoms with E-state index in [0.717, 1.165) is 4.88 Å². The first-order valence-corrected chi connectivity index (χ1v) is 9.86. The molecule has 3 aromatic rings. The van der Waals surface area contributed by atoms with Crippen molar-refractivity contribution in [1.82, 2.24) is 0 Å². The van der Waals surface area contributed by atoms with Gasteiger partial charge < -0.3 is 15.7 Å². The second-order valence-corrected chi connectivity index (χ2v) is 7.78. The van der Waals surface area contributed by atoms with E-state index in [-0.39, 0.29) is 17.2 Å². The molecule has 0 fully saturated rings. The number of carboxylic acid groups (broad SMARTS) is 1. The Labute approximate surface area is 173 Å². The van der Waals surface area contributed by atoms with Crippen molar-refractivity contribution >= 4 is 56.4 Å². The third-order valence-electron chi connectivity index (χ3n) is 3.81. The number of carbonyl (C=O) groups is 3. The van der Waals surface area contributed by atoms with E-state index in [2.05, 4.69) is 26.6 Å². The minimum Gasteiger partial charge on any atom is -0.478 e. The van der Waals surface area contributed by atoms with E-state index < -0.39 is 11.9 Å². The molecule has 2 amide bonds. The lowest BCUT2D eigenvalue weighted by Gasteiger charge is -2.10. The highest BCUT2D eigenvalue weighted by molar-refractivity contribution is 9.10. The zero-order valence-electron chi connectivity index (χ0n) is 14.4. The molecule has 0 spiro atoms. The standard InChI is InChI=1S/C20H15BrN2O4S/c21-13-5-8-17(16(10-13)20(26)27)23-19(25)12-3-6-14(7-4-12)22-18(24)11-15-2-1-9-28-15/h1-10H,11H2,(H,22,24)(H,23,25)(H,26,27). The lowest BCUT2D eigenvalue weighted by atomic mass is 10.1. The number of thiophene rings is 1. The van der Waals surface area contributed by atoms with Crippen LogP contribution < -0.4 is 10.6 Å². The second-order valence-electron chi connectivity index (χ2n) is 5.83. The van der Waals surface area contributed by atoms with E-state index in [1.54, 1.807) is 30.3 Å². The molecule has 0 radical (unpaired) electrons. The van der Waals surface area contributed by atoms with Crippen molar-refractivity contribution in [2.45, 2.75) is 6.42 Å². The highest BCUT2D eigenvalue weighted by atomic mass is 79.9. The van der Waals surface area contributed by atoms with Gasteiger partial charge in [0.05, 0.1) is 17.7 Å². The van der Waals surface area contributed by atoms with Crippen molar-refractivity contribution in [3.8, 4) is 0 Å². The van der Waals surface area contributed by atoms with Crippen LogP contribution in [0.3, 0.4) is 0 Å². The van der Waals surface area contributed by atoms with Crippen LogP contribution in [-0.4, -0.2) is 22.9 Å². The van der Waals surface area contributed by atoms with E-state index in [4.69, 9.17) is 0 Å². The molecule has 3 N–H and O–H groups in total. The van der Waals surface area contributed by atoms with E-state index in [1.165, 1.54) is 23.5 Å². The highest BCUT2D eigenvalue weighted by Gasteiger charge is 2.14. The molecule has 0 saturated heterocycles. The fraction of sp³-hybridized carbons (Fsp3) is 0.0500. The van der Waals surface area contributed by atoms with Crippen molar-refractivity contribution in [2.75, 3.05) is 10.6 Å². The van der Waals surface area contributed by atoms with Crippen LogP contribution in [-0.2, 0) is 11.2 Å². The van der Waals surface area contributed by atoms with Crippen molar-refractivity contribution in [1.29, 1.82) is 0 Å². The smallest absolute Gasteiger partial charge is 0.337 e. The van der Waals surface area contributed by atoms with Crippen LogP contribution in [0.1, 0.15) is 25.6 Å². The lowest BCUT2D eigenvalue weighted by molar-refractivity contribution is -0.115.